The van der Waals surface area contributed by atoms with Gasteiger partial charge >= 0.3 is 0 Å². The van der Waals surface area contributed by atoms with E-state index in [-0.39, 0.29) is 6.10 Å². The number of H-pyrrole nitrogens is 1. The highest BCUT2D eigenvalue weighted by Crippen LogP contribution is 2.09. The van der Waals surface area contributed by atoms with Crippen molar-refractivity contribution in [3.8, 4) is 5.88 Å². The lowest BCUT2D eigenvalue weighted by Gasteiger charge is -2.18. The molecule has 0 aromatic carbocycles. The molecule has 92 valence electrons. The molecular weight excluding hydrogens is 206 g/mol. The highest BCUT2D eigenvalue weighted by atomic mass is 16.5. The highest BCUT2D eigenvalue weighted by molar-refractivity contribution is 5.12. The summed E-state index contributed by atoms with van der Waals surface area (Å²) in [5, 5.41) is 10.2. The van der Waals surface area contributed by atoms with Gasteiger partial charge in [-0.05, 0) is 6.92 Å². The van der Waals surface area contributed by atoms with E-state index in [0.717, 1.165) is 12.2 Å². The van der Waals surface area contributed by atoms with E-state index in [1.165, 1.54) is 0 Å². The first-order valence-electron chi connectivity index (χ1n) is 5.52. The second kappa shape index (κ2) is 6.50. The molecule has 5 nitrogen and oxygen atoms in total. The second-order valence-corrected chi connectivity index (χ2v) is 4.15. The zero-order valence-corrected chi connectivity index (χ0v) is 10.4. The Bertz CT molecular complexity index is 299. The van der Waals surface area contributed by atoms with Crippen LogP contribution >= 0.6 is 0 Å². The van der Waals surface area contributed by atoms with Crippen LogP contribution in [0.25, 0.3) is 0 Å². The molecule has 0 saturated heterocycles. The van der Waals surface area contributed by atoms with Crippen molar-refractivity contribution < 1.29 is 9.47 Å². The van der Waals surface area contributed by atoms with Crippen LogP contribution in [0, 0.1) is 6.92 Å². The van der Waals surface area contributed by atoms with E-state index in [4.69, 9.17) is 9.47 Å². The molecule has 1 aromatic heterocycles. The molecule has 0 amide bonds. The summed E-state index contributed by atoms with van der Waals surface area (Å²) in [7, 11) is 1.67. The summed E-state index contributed by atoms with van der Waals surface area (Å²) >= 11 is 0. The Kier molecular flexibility index (Phi) is 5.28. The van der Waals surface area contributed by atoms with Crippen molar-refractivity contribution in [1.82, 2.24) is 15.5 Å². The normalized spacial score (nSPS) is 13.1. The molecule has 0 saturated carbocycles. The minimum atomic E-state index is -0.0184. The van der Waals surface area contributed by atoms with Gasteiger partial charge in [0, 0.05) is 31.5 Å². The SMILES string of the molecule is COCC(CNC(C)C)Oc1cc(C)[nH]n1. The fourth-order valence-electron chi connectivity index (χ4n) is 1.31. The summed E-state index contributed by atoms with van der Waals surface area (Å²) in [5.74, 6) is 0.616. The number of aromatic amines is 1. The molecule has 1 unspecified atom stereocenters. The predicted octanol–water partition coefficient (Wildman–Crippen LogP) is 1.11. The van der Waals surface area contributed by atoms with E-state index in [9.17, 15) is 0 Å². The Labute approximate surface area is 96.5 Å². The van der Waals surface area contributed by atoms with E-state index in [1.807, 2.05) is 13.0 Å². The molecule has 0 aliphatic heterocycles. The minimum absolute atomic E-state index is 0.0184. The van der Waals surface area contributed by atoms with Crippen LogP contribution in [-0.4, -0.2) is 42.6 Å². The van der Waals surface area contributed by atoms with Gasteiger partial charge in [-0.3, -0.25) is 5.10 Å². The van der Waals surface area contributed by atoms with Crippen LogP contribution in [0.4, 0.5) is 0 Å². The van der Waals surface area contributed by atoms with Crippen molar-refractivity contribution in [2.45, 2.75) is 32.9 Å². The second-order valence-electron chi connectivity index (χ2n) is 4.15. The third-order valence-electron chi connectivity index (χ3n) is 2.08. The lowest BCUT2D eigenvalue weighted by Crippen LogP contribution is -2.38. The molecule has 0 bridgehead atoms. The lowest BCUT2D eigenvalue weighted by atomic mass is 10.3. The average Bonchev–Trinajstić information content (AvgIpc) is 2.61. The quantitative estimate of drug-likeness (QED) is 0.732. The van der Waals surface area contributed by atoms with Crippen molar-refractivity contribution in [3.63, 3.8) is 0 Å². The molecule has 0 spiro atoms. The van der Waals surface area contributed by atoms with Gasteiger partial charge in [0.25, 0.3) is 0 Å². The predicted molar refractivity (Wildman–Crippen MR) is 62.8 cm³/mol. The smallest absolute Gasteiger partial charge is 0.233 e. The monoisotopic (exact) mass is 227 g/mol. The number of aromatic nitrogens is 2. The zero-order chi connectivity index (χ0) is 12.0. The Balaban J connectivity index is 2.43. The number of nitrogens with one attached hydrogen (secondary N) is 2. The third kappa shape index (κ3) is 4.63. The van der Waals surface area contributed by atoms with Gasteiger partial charge in [-0.2, -0.15) is 0 Å². The van der Waals surface area contributed by atoms with Crippen molar-refractivity contribution in [1.29, 1.82) is 0 Å². The number of methoxy groups -OCH3 is 1. The van der Waals surface area contributed by atoms with Crippen LogP contribution in [0.1, 0.15) is 19.5 Å². The molecule has 1 aromatic rings. The lowest BCUT2D eigenvalue weighted by molar-refractivity contribution is 0.0763. The van der Waals surface area contributed by atoms with Crippen molar-refractivity contribution in [2.24, 2.45) is 0 Å². The van der Waals surface area contributed by atoms with Gasteiger partial charge in [-0.25, -0.2) is 0 Å². The van der Waals surface area contributed by atoms with Gasteiger partial charge in [-0.15, -0.1) is 5.10 Å². The van der Waals surface area contributed by atoms with Crippen LogP contribution in [0.3, 0.4) is 0 Å². The summed E-state index contributed by atoms with van der Waals surface area (Å²) in [5.41, 5.74) is 0.989. The summed E-state index contributed by atoms with van der Waals surface area (Å²) in [6.07, 6.45) is -0.0184. The largest absolute Gasteiger partial charge is 0.469 e. The van der Waals surface area contributed by atoms with Gasteiger partial charge < -0.3 is 14.8 Å². The minimum Gasteiger partial charge on any atom is -0.469 e. The van der Waals surface area contributed by atoms with Crippen LogP contribution in [0.5, 0.6) is 5.88 Å². The average molecular weight is 227 g/mol. The van der Waals surface area contributed by atoms with Gasteiger partial charge in [0.1, 0.15) is 6.10 Å². The van der Waals surface area contributed by atoms with Crippen LogP contribution in [0.2, 0.25) is 0 Å². The summed E-state index contributed by atoms with van der Waals surface area (Å²) in [6.45, 7) is 7.44. The van der Waals surface area contributed by atoms with E-state index in [1.54, 1.807) is 7.11 Å². The standard InChI is InChI=1S/C11H21N3O2/c1-8(2)12-6-10(7-15-4)16-11-5-9(3)13-14-11/h5,8,10,12H,6-7H2,1-4H3,(H,13,14). The van der Waals surface area contributed by atoms with Crippen molar-refractivity contribution in [2.75, 3.05) is 20.3 Å². The molecule has 0 aliphatic carbocycles. The fraction of sp³-hybridized carbons (Fsp3) is 0.727. The number of ether oxygens (including phenoxy) is 2. The highest BCUT2D eigenvalue weighted by Gasteiger charge is 2.12. The number of nitrogens with zero attached hydrogens (tertiary/aromatic N) is 1. The fourth-order valence-corrected chi connectivity index (χ4v) is 1.31. The van der Waals surface area contributed by atoms with Crippen LogP contribution < -0.4 is 10.1 Å². The molecular formula is C11H21N3O2. The molecule has 0 fully saturated rings. The Hall–Kier alpha value is -1.07. The van der Waals surface area contributed by atoms with Gasteiger partial charge in [0.2, 0.25) is 5.88 Å². The molecule has 5 heteroatoms. The van der Waals surface area contributed by atoms with Gasteiger partial charge in [0.05, 0.1) is 6.61 Å². The first-order chi connectivity index (χ1) is 7.61. The third-order valence-corrected chi connectivity index (χ3v) is 2.08. The maximum atomic E-state index is 5.70. The van der Waals surface area contributed by atoms with Crippen LogP contribution in [0.15, 0.2) is 6.07 Å². The maximum absolute atomic E-state index is 5.70. The molecule has 1 rings (SSSR count). The number of hydrogen-bond donors (Lipinski definition) is 2. The van der Waals surface area contributed by atoms with E-state index >= 15 is 0 Å². The Morgan fingerprint density at radius 3 is 2.75 bits per heavy atom. The van der Waals surface area contributed by atoms with Gasteiger partial charge in [-0.1, -0.05) is 13.8 Å². The van der Waals surface area contributed by atoms with Gasteiger partial charge in [0.15, 0.2) is 0 Å². The van der Waals surface area contributed by atoms with E-state index in [2.05, 4.69) is 29.4 Å². The Morgan fingerprint density at radius 1 is 1.50 bits per heavy atom. The summed E-state index contributed by atoms with van der Waals surface area (Å²) in [6, 6.07) is 2.31. The van der Waals surface area contributed by atoms with E-state index < -0.39 is 0 Å². The number of rotatable bonds is 7. The summed E-state index contributed by atoms with van der Waals surface area (Å²) in [4.78, 5) is 0. The molecule has 0 aliphatic rings. The number of aryl methyl sites for hydroxylation is 1. The zero-order valence-electron chi connectivity index (χ0n) is 10.4. The van der Waals surface area contributed by atoms with Crippen molar-refractivity contribution >= 4 is 0 Å². The molecule has 0 radical (unpaired) electrons. The Morgan fingerprint density at radius 2 is 2.25 bits per heavy atom. The topological polar surface area (TPSA) is 59.2 Å². The van der Waals surface area contributed by atoms with Crippen molar-refractivity contribution in [3.05, 3.63) is 11.8 Å². The van der Waals surface area contributed by atoms with E-state index in [0.29, 0.717) is 18.5 Å². The molecule has 2 N–H and O–H groups in total. The molecule has 1 heterocycles. The molecule has 1 atom stereocenters. The molecule has 16 heavy (non-hydrogen) atoms. The first-order valence-corrected chi connectivity index (χ1v) is 5.52. The summed E-state index contributed by atoms with van der Waals surface area (Å²) < 4.78 is 10.8. The van der Waals surface area contributed by atoms with Crippen LogP contribution in [-0.2, 0) is 4.74 Å². The first kappa shape index (κ1) is 13.0. The number of hydrogen-bond acceptors (Lipinski definition) is 4. The maximum Gasteiger partial charge on any atom is 0.233 e.